The second-order valence-electron chi connectivity index (χ2n) is 10.1. The van der Waals surface area contributed by atoms with Crippen LogP contribution in [0.2, 0.25) is 0 Å². The Balaban J connectivity index is 2.39. The Kier molecular flexibility index (Phi) is 13.6. The third-order valence-electron chi connectivity index (χ3n) is 5.53. The van der Waals surface area contributed by atoms with E-state index >= 15 is 0 Å². The maximum Gasteiger partial charge on any atom is 0.299 e. The molecule has 1 aromatic carbocycles. The van der Waals surface area contributed by atoms with E-state index in [0.717, 1.165) is 12.8 Å². The van der Waals surface area contributed by atoms with Crippen molar-refractivity contribution in [2.45, 2.75) is 90.0 Å². The van der Waals surface area contributed by atoms with E-state index in [4.69, 9.17) is 0 Å². The molecule has 0 spiro atoms. The number of unbranched alkanes of at least 4 members (excludes halogenated alkanes) is 9. The molecule has 33 heavy (non-hydrogen) atoms. The minimum atomic E-state index is -3.90. The van der Waals surface area contributed by atoms with Gasteiger partial charge in [0.2, 0.25) is 0 Å². The summed E-state index contributed by atoms with van der Waals surface area (Å²) in [5.74, 6) is -1.28. The molecule has 0 heterocycles. The quantitative estimate of drug-likeness (QED) is 0.232. The molecular formula is C25H45N3O4S. The minimum Gasteiger partial charge on any atom is -0.550 e. The largest absolute Gasteiger partial charge is 0.550 e. The lowest BCUT2D eigenvalue weighted by molar-refractivity contribution is -0.871. The van der Waals surface area contributed by atoms with Gasteiger partial charge in [0.15, 0.2) is 0 Å². The monoisotopic (exact) mass is 483 g/mol. The Morgan fingerprint density at radius 2 is 1.42 bits per heavy atom. The number of carboxylic acid groups (broad SMARTS) is 1. The lowest BCUT2D eigenvalue weighted by Gasteiger charge is -2.29. The number of quaternary nitrogens is 1. The predicted octanol–water partition coefficient (Wildman–Crippen LogP) is 3.61. The van der Waals surface area contributed by atoms with Crippen LogP contribution in [-0.2, 0) is 21.4 Å². The van der Waals surface area contributed by atoms with Gasteiger partial charge >= 0.3 is 0 Å². The molecule has 0 radical (unpaired) electrons. The second-order valence-corrected chi connectivity index (χ2v) is 11.5. The number of likely N-dealkylation sites (N-methyl/N-ethyl adjacent to an activating group) is 1. The molecule has 1 rings (SSSR count). The first-order valence-corrected chi connectivity index (χ1v) is 13.9. The van der Waals surface area contributed by atoms with E-state index in [0.29, 0.717) is 16.7 Å². The standard InChI is InChI=1S/C25H45N3O4S/c1-5-6-7-8-9-10-11-12-13-14-15-22-16-18-23(19-17-22)26-33(31,32)27-24(20-25(29)30)21-28(2,3)4/h16-19,24,26-27H,5-15,20-21H2,1-4H3/t24-/m1/s1. The fraction of sp³-hybridized carbons (Fsp3) is 0.720. The number of nitrogens with one attached hydrogen (secondary N) is 2. The molecule has 0 amide bonds. The Bertz CT molecular complexity index is 774. The summed E-state index contributed by atoms with van der Waals surface area (Å²) in [5, 5.41) is 11.0. The number of hydrogen-bond donors (Lipinski definition) is 2. The Morgan fingerprint density at radius 3 is 1.91 bits per heavy atom. The molecule has 1 atom stereocenters. The second kappa shape index (κ2) is 15.3. The third-order valence-corrected chi connectivity index (χ3v) is 6.68. The molecule has 0 saturated carbocycles. The highest BCUT2D eigenvalue weighted by atomic mass is 32.2. The Morgan fingerprint density at radius 1 is 0.909 bits per heavy atom. The van der Waals surface area contributed by atoms with Gasteiger partial charge in [-0.1, -0.05) is 76.8 Å². The topological polar surface area (TPSA) is 98.3 Å². The summed E-state index contributed by atoms with van der Waals surface area (Å²) in [7, 11) is 1.71. The Labute approximate surface area is 201 Å². The summed E-state index contributed by atoms with van der Waals surface area (Å²) < 4.78 is 30.3. The van der Waals surface area contributed by atoms with Crippen LogP contribution in [0.3, 0.4) is 0 Å². The lowest BCUT2D eigenvalue weighted by Crippen LogP contribution is -2.51. The van der Waals surface area contributed by atoms with E-state index in [1.165, 1.54) is 63.4 Å². The number of carbonyl (C=O) groups is 1. The molecule has 8 heteroatoms. The van der Waals surface area contributed by atoms with Gasteiger partial charge in [0.25, 0.3) is 10.2 Å². The Hall–Kier alpha value is -1.64. The maximum absolute atomic E-state index is 12.5. The molecule has 0 unspecified atom stereocenters. The summed E-state index contributed by atoms with van der Waals surface area (Å²) in [4.78, 5) is 11.0. The summed E-state index contributed by atoms with van der Waals surface area (Å²) in [5.41, 5.74) is 1.64. The number of hydrogen-bond acceptors (Lipinski definition) is 4. The van der Waals surface area contributed by atoms with Crippen molar-refractivity contribution in [2.75, 3.05) is 32.4 Å². The molecule has 1 aromatic rings. The van der Waals surface area contributed by atoms with Gasteiger partial charge in [-0.15, -0.1) is 0 Å². The van der Waals surface area contributed by atoms with Gasteiger partial charge in [0.1, 0.15) is 0 Å². The number of nitrogens with zero attached hydrogens (tertiary/aromatic N) is 1. The average molecular weight is 484 g/mol. The summed E-state index contributed by atoms with van der Waals surface area (Å²) in [6.45, 7) is 2.57. The van der Waals surface area contributed by atoms with Crippen LogP contribution in [0.25, 0.3) is 0 Å². The van der Waals surface area contributed by atoms with Crippen molar-refractivity contribution in [3.05, 3.63) is 29.8 Å². The molecule has 0 bridgehead atoms. The molecule has 190 valence electrons. The van der Waals surface area contributed by atoms with Crippen molar-refractivity contribution in [1.82, 2.24) is 4.72 Å². The summed E-state index contributed by atoms with van der Waals surface area (Å²) >= 11 is 0. The highest BCUT2D eigenvalue weighted by molar-refractivity contribution is 7.90. The first-order chi connectivity index (χ1) is 15.5. The molecule has 0 aliphatic carbocycles. The first-order valence-electron chi connectivity index (χ1n) is 12.4. The van der Waals surface area contributed by atoms with Crippen LogP contribution in [0.5, 0.6) is 0 Å². The summed E-state index contributed by atoms with van der Waals surface area (Å²) in [6.07, 6.45) is 13.6. The average Bonchev–Trinajstić information content (AvgIpc) is 2.68. The minimum absolute atomic E-state index is 0.326. The van der Waals surface area contributed by atoms with Gasteiger partial charge in [-0.25, -0.2) is 0 Å². The molecule has 0 saturated heterocycles. The zero-order chi connectivity index (χ0) is 24.7. The number of carbonyl (C=O) groups excluding carboxylic acids is 1. The van der Waals surface area contributed by atoms with Gasteiger partial charge in [0.05, 0.1) is 33.7 Å². The fourth-order valence-electron chi connectivity index (χ4n) is 3.97. The molecule has 2 N–H and O–H groups in total. The molecule has 0 aromatic heterocycles. The fourth-order valence-corrected chi connectivity index (χ4v) is 5.07. The van der Waals surface area contributed by atoms with Crippen molar-refractivity contribution >= 4 is 21.9 Å². The number of benzene rings is 1. The van der Waals surface area contributed by atoms with Gasteiger partial charge in [-0.05, 0) is 30.5 Å². The van der Waals surface area contributed by atoms with Gasteiger partial charge in [-0.3, -0.25) is 4.72 Å². The SMILES string of the molecule is CCCCCCCCCCCCc1ccc(NS(=O)(=O)N[C@H](CC(=O)[O-])C[N+](C)(C)C)cc1. The van der Waals surface area contributed by atoms with Crippen molar-refractivity contribution in [1.29, 1.82) is 0 Å². The number of carboxylic acids is 1. The number of anilines is 1. The third kappa shape index (κ3) is 15.8. The molecule has 0 aliphatic heterocycles. The molecule has 0 fully saturated rings. The van der Waals surface area contributed by atoms with Crippen LogP contribution in [-0.4, -0.2) is 52.6 Å². The maximum atomic E-state index is 12.5. The zero-order valence-electron chi connectivity index (χ0n) is 21.1. The van der Waals surface area contributed by atoms with E-state index in [1.54, 1.807) is 12.1 Å². The van der Waals surface area contributed by atoms with E-state index in [1.807, 2.05) is 33.3 Å². The van der Waals surface area contributed by atoms with E-state index in [-0.39, 0.29) is 6.42 Å². The lowest BCUT2D eigenvalue weighted by atomic mass is 10.0. The van der Waals surface area contributed by atoms with Crippen molar-refractivity contribution in [2.24, 2.45) is 0 Å². The van der Waals surface area contributed by atoms with Crippen molar-refractivity contribution < 1.29 is 22.8 Å². The normalized spacial score (nSPS) is 13.1. The van der Waals surface area contributed by atoms with Crippen LogP contribution in [0.4, 0.5) is 5.69 Å². The van der Waals surface area contributed by atoms with Crippen LogP contribution in [0.1, 0.15) is 83.1 Å². The van der Waals surface area contributed by atoms with Crippen molar-refractivity contribution in [3.8, 4) is 0 Å². The smallest absolute Gasteiger partial charge is 0.299 e. The van der Waals surface area contributed by atoms with E-state index in [2.05, 4.69) is 16.4 Å². The van der Waals surface area contributed by atoms with Crippen molar-refractivity contribution in [3.63, 3.8) is 0 Å². The van der Waals surface area contributed by atoms with Gasteiger partial charge < -0.3 is 14.4 Å². The zero-order valence-corrected chi connectivity index (χ0v) is 21.9. The highest BCUT2D eigenvalue weighted by Crippen LogP contribution is 2.15. The predicted molar refractivity (Wildman–Crippen MR) is 134 cm³/mol. The molecule has 0 aliphatic rings. The van der Waals surface area contributed by atoms with Crippen LogP contribution in [0, 0.1) is 0 Å². The van der Waals surface area contributed by atoms with Gasteiger partial charge in [-0.2, -0.15) is 13.1 Å². The number of aliphatic carboxylic acids is 1. The van der Waals surface area contributed by atoms with E-state index < -0.39 is 22.2 Å². The van der Waals surface area contributed by atoms with E-state index in [9.17, 15) is 18.3 Å². The van der Waals surface area contributed by atoms with Crippen LogP contribution < -0.4 is 14.6 Å². The van der Waals surface area contributed by atoms with Gasteiger partial charge in [0, 0.05) is 18.1 Å². The number of rotatable bonds is 19. The number of aryl methyl sites for hydroxylation is 1. The molecular weight excluding hydrogens is 438 g/mol. The van der Waals surface area contributed by atoms with Crippen LogP contribution in [0.15, 0.2) is 24.3 Å². The summed E-state index contributed by atoms with van der Waals surface area (Å²) in [6, 6.07) is 6.62. The molecule has 7 nitrogen and oxygen atoms in total. The first kappa shape index (κ1) is 29.4. The van der Waals surface area contributed by atoms with Crippen LogP contribution >= 0.6 is 0 Å². The highest BCUT2D eigenvalue weighted by Gasteiger charge is 2.23.